The van der Waals surface area contributed by atoms with Crippen molar-refractivity contribution in [2.75, 3.05) is 26.7 Å². The first-order chi connectivity index (χ1) is 31.9. The molecule has 7 N–H and O–H groups in total. The Morgan fingerprint density at radius 2 is 1.13 bits per heavy atom. The molecule has 1 fully saturated rings. The Labute approximate surface area is 394 Å². The third kappa shape index (κ3) is 18.4. The van der Waals surface area contributed by atoms with Crippen LogP contribution in [0.2, 0.25) is 0 Å². The molecular formula is C50H69N7O10. The smallest absolute Gasteiger partial charge is 0.408 e. The molecule has 0 unspecified atom stereocenters. The van der Waals surface area contributed by atoms with Gasteiger partial charge in [0, 0.05) is 32.5 Å². The molecule has 0 aromatic heterocycles. The SMILES string of the molecule is COC(=O)C1(N)CCN(C(=O)[C@@H](CCCCNC(=O)OCc2ccccc2)NC(=O)[C@@H](CC(C)C)NC(=O)[C@@H](Cc2ccccc2)NC(=O)[C@@H](Cc2ccccc2)NC(=O)OC(C)(C)C)CC1. The maximum Gasteiger partial charge on any atom is 0.408 e. The second-order valence-electron chi connectivity index (χ2n) is 18.3. The summed E-state index contributed by atoms with van der Waals surface area (Å²) >= 11 is 0. The Hall–Kier alpha value is -6.49. The van der Waals surface area contributed by atoms with E-state index < -0.39 is 71.2 Å². The fourth-order valence-electron chi connectivity index (χ4n) is 7.54. The Morgan fingerprint density at radius 3 is 1.64 bits per heavy atom. The molecule has 17 heteroatoms. The van der Waals surface area contributed by atoms with Gasteiger partial charge >= 0.3 is 18.2 Å². The highest BCUT2D eigenvalue weighted by Gasteiger charge is 2.41. The summed E-state index contributed by atoms with van der Waals surface area (Å²) in [5.74, 6) is -2.96. The first kappa shape index (κ1) is 53.1. The van der Waals surface area contributed by atoms with E-state index in [9.17, 15) is 33.6 Å². The van der Waals surface area contributed by atoms with Crippen LogP contribution in [0.25, 0.3) is 0 Å². The van der Waals surface area contributed by atoms with Crippen LogP contribution in [0.5, 0.6) is 0 Å². The van der Waals surface area contributed by atoms with Crippen LogP contribution >= 0.6 is 0 Å². The number of amides is 6. The third-order valence-electron chi connectivity index (χ3n) is 11.1. The lowest BCUT2D eigenvalue weighted by Crippen LogP contribution is -2.61. The van der Waals surface area contributed by atoms with Crippen LogP contribution in [0.1, 0.15) is 89.8 Å². The zero-order valence-electron chi connectivity index (χ0n) is 39.6. The van der Waals surface area contributed by atoms with Gasteiger partial charge in [-0.2, -0.15) is 0 Å². The lowest BCUT2D eigenvalue weighted by molar-refractivity contribution is -0.151. The number of nitrogens with one attached hydrogen (secondary N) is 5. The van der Waals surface area contributed by atoms with Crippen LogP contribution in [-0.4, -0.2) is 109 Å². The van der Waals surface area contributed by atoms with Crippen LogP contribution in [0.15, 0.2) is 91.0 Å². The van der Waals surface area contributed by atoms with Gasteiger partial charge in [0.25, 0.3) is 0 Å². The topological polar surface area (TPSA) is 237 Å². The zero-order valence-corrected chi connectivity index (χ0v) is 39.6. The average Bonchev–Trinajstić information content (AvgIpc) is 3.29. The number of carbonyl (C=O) groups excluding carboxylic acids is 7. The molecular weight excluding hydrogens is 859 g/mol. The van der Waals surface area contributed by atoms with Crippen molar-refractivity contribution in [3.8, 4) is 0 Å². The number of alkyl carbamates (subject to hydrolysis) is 2. The number of ether oxygens (including phenoxy) is 3. The van der Waals surface area contributed by atoms with Crippen molar-refractivity contribution in [2.45, 2.75) is 128 Å². The average molecular weight is 928 g/mol. The molecule has 0 radical (unpaired) electrons. The van der Waals surface area contributed by atoms with Crippen molar-refractivity contribution in [1.82, 2.24) is 31.5 Å². The van der Waals surface area contributed by atoms with Gasteiger partial charge in [0.05, 0.1) is 7.11 Å². The van der Waals surface area contributed by atoms with E-state index in [2.05, 4.69) is 26.6 Å². The fourth-order valence-corrected chi connectivity index (χ4v) is 7.54. The predicted molar refractivity (Wildman–Crippen MR) is 252 cm³/mol. The molecule has 1 aliphatic heterocycles. The molecule has 1 aliphatic rings. The van der Waals surface area contributed by atoms with Gasteiger partial charge < -0.3 is 51.4 Å². The van der Waals surface area contributed by atoms with Gasteiger partial charge in [-0.25, -0.2) is 9.59 Å². The number of benzene rings is 3. The van der Waals surface area contributed by atoms with Crippen molar-refractivity contribution < 1.29 is 47.8 Å². The Morgan fingerprint density at radius 1 is 0.657 bits per heavy atom. The van der Waals surface area contributed by atoms with E-state index in [1.807, 2.05) is 92.7 Å². The van der Waals surface area contributed by atoms with E-state index in [-0.39, 0.29) is 76.6 Å². The predicted octanol–water partition coefficient (Wildman–Crippen LogP) is 4.46. The maximum absolute atomic E-state index is 14.4. The summed E-state index contributed by atoms with van der Waals surface area (Å²) in [5.41, 5.74) is 6.57. The number of likely N-dealkylation sites (tertiary alicyclic amines) is 1. The van der Waals surface area contributed by atoms with E-state index in [1.165, 1.54) is 7.11 Å². The summed E-state index contributed by atoms with van der Waals surface area (Å²) in [6.07, 6.45) is 0.311. The van der Waals surface area contributed by atoms with Gasteiger partial charge in [-0.15, -0.1) is 0 Å². The summed E-state index contributed by atoms with van der Waals surface area (Å²) in [4.78, 5) is 96.5. The molecule has 4 rings (SSSR count). The molecule has 3 aromatic rings. The van der Waals surface area contributed by atoms with Crippen LogP contribution in [0, 0.1) is 5.92 Å². The largest absolute Gasteiger partial charge is 0.468 e. The molecule has 0 aliphatic carbocycles. The third-order valence-corrected chi connectivity index (χ3v) is 11.1. The van der Waals surface area contributed by atoms with Gasteiger partial charge in [0.15, 0.2) is 0 Å². The van der Waals surface area contributed by atoms with Gasteiger partial charge in [0.1, 0.15) is 41.9 Å². The summed E-state index contributed by atoms with van der Waals surface area (Å²) < 4.78 is 15.7. The fraction of sp³-hybridized carbons (Fsp3) is 0.500. The minimum atomic E-state index is -1.25. The highest BCUT2D eigenvalue weighted by Crippen LogP contribution is 2.23. The van der Waals surface area contributed by atoms with Crippen molar-refractivity contribution in [3.63, 3.8) is 0 Å². The molecule has 0 saturated carbocycles. The van der Waals surface area contributed by atoms with Crippen LogP contribution < -0.4 is 32.3 Å². The number of nitrogens with zero attached hydrogens (tertiary/aromatic N) is 1. The summed E-state index contributed by atoms with van der Waals surface area (Å²) in [6, 6.07) is 22.9. The summed E-state index contributed by atoms with van der Waals surface area (Å²) in [6.45, 7) is 9.55. The Balaban J connectivity index is 1.52. The molecule has 0 spiro atoms. The first-order valence-corrected chi connectivity index (χ1v) is 22.9. The zero-order chi connectivity index (χ0) is 49.0. The summed E-state index contributed by atoms with van der Waals surface area (Å²) in [5, 5.41) is 14.0. The maximum atomic E-state index is 14.4. The Bertz CT molecular complexity index is 2070. The highest BCUT2D eigenvalue weighted by molar-refractivity contribution is 5.95. The molecule has 6 amide bonds. The minimum Gasteiger partial charge on any atom is -0.468 e. The van der Waals surface area contributed by atoms with E-state index in [1.54, 1.807) is 37.8 Å². The molecule has 17 nitrogen and oxygen atoms in total. The number of methoxy groups -OCH3 is 1. The Kier molecular flexibility index (Phi) is 20.6. The van der Waals surface area contributed by atoms with Crippen molar-refractivity contribution in [3.05, 3.63) is 108 Å². The molecule has 364 valence electrons. The highest BCUT2D eigenvalue weighted by atomic mass is 16.6. The van der Waals surface area contributed by atoms with Gasteiger partial charge in [-0.05, 0) is 81.9 Å². The normalized spacial score (nSPS) is 15.1. The van der Waals surface area contributed by atoms with Crippen molar-refractivity contribution in [2.24, 2.45) is 11.7 Å². The standard InChI is InChI=1S/C50H69N7O10/c1-34(2)30-39(54-43(59)40(31-35-18-10-7-11-19-35)55-44(60)41(32-36-20-12-8-13-21-36)56-48(64)67-49(3,4)5)42(58)53-38(45(61)57-28-25-50(51,26-29-57)46(62)65-6)24-16-17-27-52-47(63)66-33-37-22-14-9-15-23-37/h7-15,18-23,34,38-41H,16-17,24-33,51H2,1-6H3,(H,52,63)(H,53,58)(H,54,59)(H,55,60)(H,56,64)/t38-,39-,40-,41-/m1/s1. The number of esters is 1. The van der Waals surface area contributed by atoms with Crippen LogP contribution in [0.4, 0.5) is 9.59 Å². The molecule has 0 bridgehead atoms. The van der Waals surface area contributed by atoms with Crippen LogP contribution in [-0.2, 0) is 57.6 Å². The second-order valence-corrected chi connectivity index (χ2v) is 18.3. The number of piperidine rings is 1. The lowest BCUT2D eigenvalue weighted by atomic mass is 9.88. The van der Waals surface area contributed by atoms with E-state index in [4.69, 9.17) is 19.9 Å². The number of rotatable bonds is 22. The van der Waals surface area contributed by atoms with Crippen LogP contribution in [0.3, 0.4) is 0 Å². The lowest BCUT2D eigenvalue weighted by Gasteiger charge is -2.38. The van der Waals surface area contributed by atoms with E-state index in [0.29, 0.717) is 12.8 Å². The number of hydrogen-bond donors (Lipinski definition) is 6. The summed E-state index contributed by atoms with van der Waals surface area (Å²) in [7, 11) is 1.26. The molecule has 3 aromatic carbocycles. The van der Waals surface area contributed by atoms with Gasteiger partial charge in [0.2, 0.25) is 23.6 Å². The number of hydrogen-bond acceptors (Lipinski definition) is 11. The first-order valence-electron chi connectivity index (χ1n) is 22.9. The van der Waals surface area contributed by atoms with Crippen molar-refractivity contribution >= 4 is 41.8 Å². The minimum absolute atomic E-state index is 0.0526. The number of carbonyl (C=O) groups is 7. The second kappa shape index (κ2) is 26.0. The number of nitrogens with two attached hydrogens (primary N) is 1. The van der Waals surface area contributed by atoms with Gasteiger partial charge in [-0.1, -0.05) is 105 Å². The molecule has 67 heavy (non-hydrogen) atoms. The molecule has 4 atom stereocenters. The van der Waals surface area contributed by atoms with Gasteiger partial charge in [-0.3, -0.25) is 24.0 Å². The number of unbranched alkanes of at least 4 members (excludes halogenated alkanes) is 1. The monoisotopic (exact) mass is 928 g/mol. The molecule has 1 heterocycles. The van der Waals surface area contributed by atoms with E-state index >= 15 is 0 Å². The quantitative estimate of drug-likeness (QED) is 0.0468. The van der Waals surface area contributed by atoms with Crippen molar-refractivity contribution in [1.29, 1.82) is 0 Å². The molecule has 1 saturated heterocycles. The van der Waals surface area contributed by atoms with E-state index in [0.717, 1.165) is 16.7 Å².